The fourth-order valence-corrected chi connectivity index (χ4v) is 3.11. The summed E-state index contributed by atoms with van der Waals surface area (Å²) in [7, 11) is 1.61. The number of carbonyl (C=O) groups excluding carboxylic acids is 1. The lowest BCUT2D eigenvalue weighted by molar-refractivity contribution is -0.123. The van der Waals surface area contributed by atoms with Gasteiger partial charge in [-0.05, 0) is 37.5 Å². The van der Waals surface area contributed by atoms with Crippen LogP contribution >= 0.6 is 0 Å². The third-order valence-corrected chi connectivity index (χ3v) is 4.38. The molecule has 0 radical (unpaired) electrons. The molecule has 1 N–H and O–H groups in total. The van der Waals surface area contributed by atoms with Crippen molar-refractivity contribution in [2.45, 2.75) is 57.9 Å². The Kier molecular flexibility index (Phi) is 7.66. The lowest BCUT2D eigenvalue weighted by atomic mass is 9.97. The van der Waals surface area contributed by atoms with Crippen LogP contribution in [0.2, 0.25) is 0 Å². The van der Waals surface area contributed by atoms with Gasteiger partial charge in [-0.15, -0.1) is 0 Å². The van der Waals surface area contributed by atoms with Gasteiger partial charge in [0.05, 0.1) is 7.11 Å². The Morgan fingerprint density at radius 3 is 2.54 bits per heavy atom. The first-order valence-electron chi connectivity index (χ1n) is 8.96. The first-order chi connectivity index (χ1) is 11.7. The second-order valence-corrected chi connectivity index (χ2v) is 6.31. The molecule has 0 heterocycles. The quantitative estimate of drug-likeness (QED) is 0.843. The molecular formula is C20H29NO3. The number of amides is 1. The Labute approximate surface area is 145 Å². The summed E-state index contributed by atoms with van der Waals surface area (Å²) in [5.74, 6) is 1.18. The highest BCUT2D eigenvalue weighted by Crippen LogP contribution is 2.28. The number of carbonyl (C=O) groups is 1. The SMILES string of the molecule is C/C=C/c1ccc(OCC(=O)NC2CCCCCCC2)c(OC)c1. The topological polar surface area (TPSA) is 47.6 Å². The molecule has 4 heteroatoms. The van der Waals surface area contributed by atoms with Gasteiger partial charge in [0.1, 0.15) is 0 Å². The minimum Gasteiger partial charge on any atom is -0.493 e. The standard InChI is InChI=1S/C20H29NO3/c1-3-9-16-12-13-18(19(14-16)23-2)24-15-20(22)21-17-10-7-5-4-6-8-11-17/h3,9,12-14,17H,4-8,10-11,15H2,1-2H3,(H,21,22)/b9-3+. The number of nitrogens with one attached hydrogen (secondary N) is 1. The second kappa shape index (κ2) is 10.0. The van der Waals surface area contributed by atoms with Crippen molar-refractivity contribution >= 4 is 12.0 Å². The van der Waals surface area contributed by atoms with Crippen LogP contribution in [0.25, 0.3) is 6.08 Å². The molecule has 132 valence electrons. The molecule has 2 rings (SSSR count). The van der Waals surface area contributed by atoms with Crippen LogP contribution in [0.4, 0.5) is 0 Å². The molecule has 0 saturated heterocycles. The zero-order valence-electron chi connectivity index (χ0n) is 14.8. The highest BCUT2D eigenvalue weighted by atomic mass is 16.5. The summed E-state index contributed by atoms with van der Waals surface area (Å²) in [5, 5.41) is 3.11. The molecule has 0 atom stereocenters. The summed E-state index contributed by atoms with van der Waals surface area (Å²) in [6.45, 7) is 1.99. The van der Waals surface area contributed by atoms with Gasteiger partial charge >= 0.3 is 0 Å². The number of rotatable bonds is 6. The van der Waals surface area contributed by atoms with E-state index in [0.29, 0.717) is 17.5 Å². The van der Waals surface area contributed by atoms with Crippen LogP contribution in [0, 0.1) is 0 Å². The van der Waals surface area contributed by atoms with Crippen LogP contribution in [0.15, 0.2) is 24.3 Å². The molecular weight excluding hydrogens is 302 g/mol. The van der Waals surface area contributed by atoms with Gasteiger partial charge in [0.2, 0.25) is 0 Å². The van der Waals surface area contributed by atoms with Crippen LogP contribution in [-0.4, -0.2) is 25.7 Å². The van der Waals surface area contributed by atoms with Gasteiger partial charge in [0.25, 0.3) is 5.91 Å². The van der Waals surface area contributed by atoms with Gasteiger partial charge in [-0.25, -0.2) is 0 Å². The van der Waals surface area contributed by atoms with E-state index in [0.717, 1.165) is 18.4 Å². The van der Waals surface area contributed by atoms with Crippen molar-refractivity contribution < 1.29 is 14.3 Å². The molecule has 0 unspecified atom stereocenters. The Hall–Kier alpha value is -1.97. The molecule has 1 aliphatic rings. The maximum absolute atomic E-state index is 12.2. The van der Waals surface area contributed by atoms with Crippen molar-refractivity contribution in [1.82, 2.24) is 5.32 Å². The molecule has 1 fully saturated rings. The molecule has 4 nitrogen and oxygen atoms in total. The van der Waals surface area contributed by atoms with E-state index in [1.807, 2.05) is 37.3 Å². The number of allylic oxidation sites excluding steroid dienone is 1. The number of benzene rings is 1. The lowest BCUT2D eigenvalue weighted by Crippen LogP contribution is -2.38. The number of hydrogen-bond donors (Lipinski definition) is 1. The van der Waals surface area contributed by atoms with E-state index in [2.05, 4.69) is 5.32 Å². The summed E-state index contributed by atoms with van der Waals surface area (Å²) in [4.78, 5) is 12.2. The Morgan fingerprint density at radius 2 is 1.88 bits per heavy atom. The zero-order valence-corrected chi connectivity index (χ0v) is 14.8. The van der Waals surface area contributed by atoms with E-state index in [9.17, 15) is 4.79 Å². The monoisotopic (exact) mass is 331 g/mol. The lowest BCUT2D eigenvalue weighted by Gasteiger charge is -2.21. The highest BCUT2D eigenvalue weighted by molar-refractivity contribution is 5.78. The Balaban J connectivity index is 1.86. The maximum atomic E-state index is 12.2. The van der Waals surface area contributed by atoms with Gasteiger partial charge in [-0.2, -0.15) is 0 Å². The van der Waals surface area contributed by atoms with Crippen LogP contribution < -0.4 is 14.8 Å². The first-order valence-corrected chi connectivity index (χ1v) is 8.96. The third kappa shape index (κ3) is 5.91. The van der Waals surface area contributed by atoms with E-state index < -0.39 is 0 Å². The van der Waals surface area contributed by atoms with Crippen LogP contribution in [-0.2, 0) is 4.79 Å². The summed E-state index contributed by atoms with van der Waals surface area (Å²) in [6.07, 6.45) is 12.4. The molecule has 0 bridgehead atoms. The third-order valence-electron chi connectivity index (χ3n) is 4.38. The van der Waals surface area contributed by atoms with Crippen molar-refractivity contribution in [3.8, 4) is 11.5 Å². The van der Waals surface area contributed by atoms with Crippen molar-refractivity contribution in [2.24, 2.45) is 0 Å². The molecule has 1 amide bonds. The van der Waals surface area contributed by atoms with E-state index in [1.165, 1.54) is 32.1 Å². The average molecular weight is 331 g/mol. The minimum atomic E-state index is -0.0554. The predicted octanol–water partition coefficient (Wildman–Crippen LogP) is 4.34. The van der Waals surface area contributed by atoms with E-state index in [4.69, 9.17) is 9.47 Å². The van der Waals surface area contributed by atoms with Gasteiger partial charge in [0.15, 0.2) is 18.1 Å². The number of ether oxygens (including phenoxy) is 2. The summed E-state index contributed by atoms with van der Waals surface area (Å²) in [6, 6.07) is 5.99. The van der Waals surface area contributed by atoms with Crippen LogP contribution in [0.5, 0.6) is 11.5 Å². The normalized spacial score (nSPS) is 16.4. The van der Waals surface area contributed by atoms with Gasteiger partial charge in [-0.1, -0.05) is 50.3 Å². The smallest absolute Gasteiger partial charge is 0.258 e. The maximum Gasteiger partial charge on any atom is 0.258 e. The van der Waals surface area contributed by atoms with Crippen LogP contribution in [0.1, 0.15) is 57.4 Å². The number of methoxy groups -OCH3 is 1. The molecule has 1 aliphatic carbocycles. The fourth-order valence-electron chi connectivity index (χ4n) is 3.11. The molecule has 1 aromatic rings. The van der Waals surface area contributed by atoms with Gasteiger partial charge < -0.3 is 14.8 Å². The van der Waals surface area contributed by atoms with Gasteiger partial charge in [-0.3, -0.25) is 4.79 Å². The van der Waals surface area contributed by atoms with E-state index in [1.54, 1.807) is 7.11 Å². The summed E-state index contributed by atoms with van der Waals surface area (Å²) < 4.78 is 11.0. The van der Waals surface area contributed by atoms with Gasteiger partial charge in [0, 0.05) is 6.04 Å². The summed E-state index contributed by atoms with van der Waals surface area (Å²) in [5.41, 5.74) is 1.04. The number of hydrogen-bond acceptors (Lipinski definition) is 3. The van der Waals surface area contributed by atoms with E-state index in [-0.39, 0.29) is 12.5 Å². The average Bonchev–Trinajstić information content (AvgIpc) is 2.56. The Morgan fingerprint density at radius 1 is 1.17 bits per heavy atom. The molecule has 0 spiro atoms. The largest absolute Gasteiger partial charge is 0.493 e. The summed E-state index contributed by atoms with van der Waals surface area (Å²) >= 11 is 0. The van der Waals surface area contributed by atoms with E-state index >= 15 is 0 Å². The fraction of sp³-hybridized carbons (Fsp3) is 0.550. The van der Waals surface area contributed by atoms with Crippen molar-refractivity contribution in [2.75, 3.05) is 13.7 Å². The molecule has 0 aliphatic heterocycles. The zero-order chi connectivity index (χ0) is 17.2. The molecule has 1 saturated carbocycles. The minimum absolute atomic E-state index is 0.0236. The van der Waals surface area contributed by atoms with Crippen molar-refractivity contribution in [1.29, 1.82) is 0 Å². The Bertz CT molecular complexity index is 546. The predicted molar refractivity (Wildman–Crippen MR) is 97.4 cm³/mol. The molecule has 24 heavy (non-hydrogen) atoms. The molecule has 0 aromatic heterocycles. The van der Waals surface area contributed by atoms with Crippen molar-refractivity contribution in [3.05, 3.63) is 29.8 Å². The van der Waals surface area contributed by atoms with Crippen molar-refractivity contribution in [3.63, 3.8) is 0 Å². The molecule has 1 aromatic carbocycles. The second-order valence-electron chi connectivity index (χ2n) is 6.31. The highest BCUT2D eigenvalue weighted by Gasteiger charge is 2.15. The van der Waals surface area contributed by atoms with Crippen LogP contribution in [0.3, 0.4) is 0 Å². The first kappa shape index (κ1) is 18.4.